The molecule has 0 aromatic rings. The van der Waals surface area contributed by atoms with Crippen LogP contribution in [0.1, 0.15) is 33.6 Å². The van der Waals surface area contributed by atoms with Gasteiger partial charge in [-0.15, -0.1) is 24.0 Å². The van der Waals surface area contributed by atoms with Gasteiger partial charge in [0.15, 0.2) is 5.96 Å². The first-order valence-corrected chi connectivity index (χ1v) is 9.13. The minimum Gasteiger partial charge on any atom is -0.357 e. The van der Waals surface area contributed by atoms with Crippen molar-refractivity contribution in [1.29, 1.82) is 0 Å². The van der Waals surface area contributed by atoms with Crippen molar-refractivity contribution in [2.75, 3.05) is 26.2 Å². The molecule has 1 saturated heterocycles. The van der Waals surface area contributed by atoms with Crippen LogP contribution in [0.15, 0.2) is 4.99 Å². The monoisotopic (exact) mass is 486 g/mol. The topological polar surface area (TPSA) is 73.8 Å². The predicted octanol–water partition coefficient (Wildman–Crippen LogP) is 2.13. The maximum absolute atomic E-state index is 12.5. The molecule has 0 radical (unpaired) electrons. The number of guanidine groups is 1. The molecule has 1 rings (SSSR count). The summed E-state index contributed by atoms with van der Waals surface area (Å²) in [6.45, 7) is 6.84. The molecule has 2 N–H and O–H groups in total. The predicted molar refractivity (Wildman–Crippen MR) is 98.9 cm³/mol. The van der Waals surface area contributed by atoms with Crippen LogP contribution >= 0.6 is 24.0 Å². The van der Waals surface area contributed by atoms with Crippen molar-refractivity contribution in [3.63, 3.8) is 0 Å². The molecule has 0 amide bonds. The zero-order chi connectivity index (χ0) is 17.7. The van der Waals surface area contributed by atoms with Crippen LogP contribution in [0.25, 0.3) is 0 Å². The van der Waals surface area contributed by atoms with Crippen LogP contribution in [0.3, 0.4) is 0 Å². The van der Waals surface area contributed by atoms with E-state index < -0.39 is 15.5 Å². The average molecular weight is 486 g/mol. The fraction of sp³-hybridized carbons (Fsp3) is 0.923. The van der Waals surface area contributed by atoms with Crippen LogP contribution in [0, 0.1) is 5.92 Å². The van der Waals surface area contributed by atoms with Crippen LogP contribution < -0.4 is 10.6 Å². The van der Waals surface area contributed by atoms with Gasteiger partial charge in [-0.1, -0.05) is 0 Å². The molecule has 144 valence electrons. The smallest absolute Gasteiger partial charge is 0.357 e. The maximum Gasteiger partial charge on any atom is 0.511 e. The number of aliphatic imine (C=N–C) groups is 1. The molecule has 0 aliphatic carbocycles. The number of hydrogen-bond donors (Lipinski definition) is 2. The normalized spacial score (nSPS) is 18.4. The number of alkyl halides is 3. The molecule has 1 fully saturated rings. The Labute approximate surface area is 158 Å². The van der Waals surface area contributed by atoms with E-state index in [0.29, 0.717) is 36.2 Å². The van der Waals surface area contributed by atoms with Crippen molar-refractivity contribution in [2.24, 2.45) is 10.9 Å². The van der Waals surface area contributed by atoms with E-state index in [1.54, 1.807) is 0 Å². The highest BCUT2D eigenvalue weighted by Crippen LogP contribution is 2.30. The van der Waals surface area contributed by atoms with Gasteiger partial charge in [0.05, 0.1) is 0 Å². The second kappa shape index (κ2) is 10.00. The zero-order valence-corrected chi connectivity index (χ0v) is 17.2. The Morgan fingerprint density at radius 2 is 1.83 bits per heavy atom. The first-order valence-electron chi connectivity index (χ1n) is 7.69. The van der Waals surface area contributed by atoms with E-state index in [0.717, 1.165) is 0 Å². The lowest BCUT2D eigenvalue weighted by Crippen LogP contribution is -2.45. The third-order valence-electron chi connectivity index (χ3n) is 3.48. The molecule has 0 bridgehead atoms. The summed E-state index contributed by atoms with van der Waals surface area (Å²) in [6, 6.07) is 0.214. The van der Waals surface area contributed by atoms with Gasteiger partial charge in [-0.3, -0.25) is 4.99 Å². The van der Waals surface area contributed by atoms with Gasteiger partial charge in [0.2, 0.25) is 0 Å². The quantitative estimate of drug-likeness (QED) is 0.355. The molecule has 0 spiro atoms. The van der Waals surface area contributed by atoms with Crippen molar-refractivity contribution >= 4 is 40.0 Å². The molecule has 0 saturated carbocycles. The fourth-order valence-corrected chi connectivity index (χ4v) is 3.28. The summed E-state index contributed by atoms with van der Waals surface area (Å²) in [5.41, 5.74) is -5.22. The van der Waals surface area contributed by atoms with Crippen molar-refractivity contribution < 1.29 is 21.6 Å². The van der Waals surface area contributed by atoms with E-state index in [9.17, 15) is 21.6 Å². The molecule has 0 aromatic carbocycles. The number of nitrogens with zero attached hydrogens (tertiary/aromatic N) is 2. The van der Waals surface area contributed by atoms with E-state index >= 15 is 0 Å². The van der Waals surface area contributed by atoms with Crippen molar-refractivity contribution in [1.82, 2.24) is 14.9 Å². The fourth-order valence-electron chi connectivity index (χ4n) is 2.29. The summed E-state index contributed by atoms with van der Waals surface area (Å²) in [6.07, 6.45) is 0.750. The van der Waals surface area contributed by atoms with Crippen LogP contribution in [0.4, 0.5) is 13.2 Å². The van der Waals surface area contributed by atoms with Crippen LogP contribution in [-0.4, -0.2) is 56.4 Å². The number of sulfonamides is 1. The van der Waals surface area contributed by atoms with Gasteiger partial charge in [0, 0.05) is 32.2 Å². The Hall–Kier alpha value is -0.300. The SMILES string of the molecule is CCNC(=NCC1CCN(S(=O)(=O)C(F)(F)F)CC1)NC(C)C.I. The lowest BCUT2D eigenvalue weighted by atomic mass is 9.98. The van der Waals surface area contributed by atoms with Crippen LogP contribution in [0.2, 0.25) is 0 Å². The van der Waals surface area contributed by atoms with E-state index in [1.165, 1.54) is 0 Å². The molecule has 1 aliphatic rings. The second-order valence-corrected chi connectivity index (χ2v) is 7.74. The van der Waals surface area contributed by atoms with Crippen LogP contribution in [-0.2, 0) is 10.0 Å². The molecule has 1 heterocycles. The minimum atomic E-state index is -5.22. The Balaban J connectivity index is 0.00000529. The molecule has 24 heavy (non-hydrogen) atoms. The number of hydrogen-bond acceptors (Lipinski definition) is 3. The Morgan fingerprint density at radius 1 is 1.29 bits per heavy atom. The summed E-state index contributed by atoms with van der Waals surface area (Å²) in [5.74, 6) is 0.741. The van der Waals surface area contributed by atoms with E-state index in [4.69, 9.17) is 0 Å². The molecule has 6 nitrogen and oxygen atoms in total. The number of nitrogens with one attached hydrogen (secondary N) is 2. The van der Waals surface area contributed by atoms with Crippen molar-refractivity contribution in [2.45, 2.75) is 45.2 Å². The lowest BCUT2D eigenvalue weighted by molar-refractivity contribution is -0.0496. The van der Waals surface area contributed by atoms with Gasteiger partial charge in [0.1, 0.15) is 0 Å². The highest BCUT2D eigenvalue weighted by atomic mass is 127. The van der Waals surface area contributed by atoms with Gasteiger partial charge in [-0.2, -0.15) is 17.5 Å². The molecule has 0 atom stereocenters. The summed E-state index contributed by atoms with van der Waals surface area (Å²) in [7, 11) is -5.21. The van der Waals surface area contributed by atoms with Gasteiger partial charge < -0.3 is 10.6 Å². The maximum atomic E-state index is 12.5. The first-order chi connectivity index (χ1) is 10.6. The number of rotatable bonds is 5. The zero-order valence-electron chi connectivity index (χ0n) is 14.1. The molecular weight excluding hydrogens is 460 g/mol. The molecule has 0 unspecified atom stereocenters. The summed E-state index contributed by atoms with van der Waals surface area (Å²) < 4.78 is 60.7. The second-order valence-electron chi connectivity index (χ2n) is 5.81. The van der Waals surface area contributed by atoms with Gasteiger partial charge in [-0.05, 0) is 39.5 Å². The Morgan fingerprint density at radius 3 is 2.25 bits per heavy atom. The standard InChI is InChI=1S/C13H25F3N4O2S.HI/c1-4-17-12(19-10(2)3)18-9-11-5-7-20(8-6-11)23(21,22)13(14,15)16;/h10-11H,4-9H2,1-3H3,(H2,17,18,19);1H. The molecule has 1 aliphatic heterocycles. The Bertz CT molecular complexity index is 504. The van der Waals surface area contributed by atoms with Crippen LogP contribution in [0.5, 0.6) is 0 Å². The van der Waals surface area contributed by atoms with Gasteiger partial charge in [-0.25, -0.2) is 8.42 Å². The molecule has 11 heteroatoms. The summed E-state index contributed by atoms with van der Waals surface area (Å²) in [4.78, 5) is 4.42. The Kier molecular flexibility index (Phi) is 9.87. The minimum absolute atomic E-state index is 0. The number of halogens is 4. The number of piperidine rings is 1. The highest BCUT2D eigenvalue weighted by molar-refractivity contribution is 14.0. The van der Waals surface area contributed by atoms with Crippen molar-refractivity contribution in [3.8, 4) is 0 Å². The summed E-state index contributed by atoms with van der Waals surface area (Å²) in [5, 5.41) is 6.25. The molecule has 0 aromatic heterocycles. The van der Waals surface area contributed by atoms with Crippen molar-refractivity contribution in [3.05, 3.63) is 0 Å². The van der Waals surface area contributed by atoms with Gasteiger partial charge >= 0.3 is 15.5 Å². The van der Waals surface area contributed by atoms with Gasteiger partial charge in [0.25, 0.3) is 0 Å². The third-order valence-corrected chi connectivity index (χ3v) is 5.11. The van der Waals surface area contributed by atoms with E-state index in [2.05, 4.69) is 15.6 Å². The lowest BCUT2D eigenvalue weighted by Gasteiger charge is -2.31. The largest absolute Gasteiger partial charge is 0.511 e. The third kappa shape index (κ3) is 6.90. The highest BCUT2D eigenvalue weighted by Gasteiger charge is 2.50. The first kappa shape index (κ1) is 23.7. The average Bonchev–Trinajstić information content (AvgIpc) is 2.43. The van der Waals surface area contributed by atoms with E-state index in [-0.39, 0.29) is 49.0 Å². The van der Waals surface area contributed by atoms with E-state index in [1.807, 2.05) is 20.8 Å². The molecular formula is C13H26F3IN4O2S. The summed E-state index contributed by atoms with van der Waals surface area (Å²) >= 11 is 0.